The van der Waals surface area contributed by atoms with E-state index < -0.39 is 11.7 Å². The minimum Gasteiger partial charge on any atom is -0.457 e. The lowest BCUT2D eigenvalue weighted by atomic mass is 10.2. The molecule has 160 valence electrons. The highest BCUT2D eigenvalue weighted by Crippen LogP contribution is 2.40. The summed E-state index contributed by atoms with van der Waals surface area (Å²) in [4.78, 5) is 16.7. The van der Waals surface area contributed by atoms with Gasteiger partial charge in [0.15, 0.2) is 0 Å². The molecule has 2 aromatic rings. The number of thioether (sulfide) groups is 1. The molecule has 2 saturated heterocycles. The number of hydrogen-bond donors (Lipinski definition) is 0. The van der Waals surface area contributed by atoms with Gasteiger partial charge in [0.05, 0.1) is 11.3 Å². The van der Waals surface area contributed by atoms with E-state index in [2.05, 4.69) is 4.90 Å². The van der Waals surface area contributed by atoms with Gasteiger partial charge in [-0.05, 0) is 61.8 Å². The van der Waals surface area contributed by atoms with Gasteiger partial charge in [0.25, 0.3) is 0 Å². The first-order valence-electron chi connectivity index (χ1n) is 9.99. The van der Waals surface area contributed by atoms with Crippen LogP contribution >= 0.6 is 11.8 Å². The normalized spacial score (nSPS) is 20.2. The number of carbonyl (C=O) groups excluding carboxylic acids is 1. The van der Waals surface area contributed by atoms with Crippen LogP contribution in [-0.2, 0) is 11.0 Å². The minimum atomic E-state index is -4.42. The van der Waals surface area contributed by atoms with Crippen LogP contribution in [0, 0.1) is 0 Å². The van der Waals surface area contributed by atoms with Crippen LogP contribution < -0.4 is 4.74 Å². The Balaban J connectivity index is 1.47. The maximum absolute atomic E-state index is 12.9. The molecule has 1 atom stereocenters. The zero-order valence-electron chi connectivity index (χ0n) is 16.4. The highest BCUT2D eigenvalue weighted by molar-refractivity contribution is 8.00. The standard InChI is InChI=1S/C22H23F3N2O2S/c23-22(24,25)17-6-4-8-19(14-17)29-18-7-3-5-16(13-18)21-27(20(28)15-30-21)12-11-26-9-1-2-10-26/h3-8,13-14,21H,1-2,9-12,15H2. The molecule has 1 unspecified atom stereocenters. The van der Waals surface area contributed by atoms with E-state index >= 15 is 0 Å². The van der Waals surface area contributed by atoms with Crippen molar-refractivity contribution in [1.29, 1.82) is 0 Å². The van der Waals surface area contributed by atoms with Crippen LogP contribution in [0.25, 0.3) is 0 Å². The van der Waals surface area contributed by atoms with Crippen molar-refractivity contribution in [3.8, 4) is 11.5 Å². The van der Waals surface area contributed by atoms with Gasteiger partial charge in [-0.3, -0.25) is 4.79 Å². The van der Waals surface area contributed by atoms with Gasteiger partial charge in [-0.25, -0.2) is 0 Å². The number of nitrogens with zero attached hydrogens (tertiary/aromatic N) is 2. The zero-order chi connectivity index (χ0) is 21.1. The van der Waals surface area contributed by atoms with Crippen LogP contribution in [0.2, 0.25) is 0 Å². The minimum absolute atomic E-state index is 0.106. The number of likely N-dealkylation sites (tertiary alicyclic amines) is 1. The molecule has 2 aliphatic rings. The first-order chi connectivity index (χ1) is 14.4. The number of rotatable bonds is 6. The maximum atomic E-state index is 12.9. The van der Waals surface area contributed by atoms with Crippen LogP contribution in [0.3, 0.4) is 0 Å². The van der Waals surface area contributed by atoms with Gasteiger partial charge in [0.2, 0.25) is 5.91 Å². The van der Waals surface area contributed by atoms with Gasteiger partial charge >= 0.3 is 6.18 Å². The lowest BCUT2D eigenvalue weighted by molar-refractivity contribution is -0.137. The van der Waals surface area contributed by atoms with Gasteiger partial charge in [0, 0.05) is 13.1 Å². The van der Waals surface area contributed by atoms with Gasteiger partial charge in [-0.15, -0.1) is 11.8 Å². The quantitative estimate of drug-likeness (QED) is 0.626. The first kappa shape index (κ1) is 21.1. The summed E-state index contributed by atoms with van der Waals surface area (Å²) >= 11 is 1.57. The lowest BCUT2D eigenvalue weighted by Gasteiger charge is -2.27. The second kappa shape index (κ2) is 8.89. The molecule has 0 saturated carbocycles. The molecule has 2 fully saturated rings. The Morgan fingerprint density at radius 1 is 1.00 bits per heavy atom. The van der Waals surface area contributed by atoms with E-state index in [0.717, 1.165) is 37.3 Å². The molecule has 0 spiro atoms. The van der Waals surface area contributed by atoms with Crippen LogP contribution in [-0.4, -0.2) is 47.6 Å². The number of benzene rings is 2. The van der Waals surface area contributed by atoms with E-state index in [0.29, 0.717) is 18.0 Å². The van der Waals surface area contributed by atoms with Crippen molar-refractivity contribution in [3.05, 3.63) is 59.7 Å². The van der Waals surface area contributed by atoms with Gasteiger partial charge in [-0.1, -0.05) is 18.2 Å². The molecule has 1 amide bonds. The molecule has 2 aromatic carbocycles. The summed E-state index contributed by atoms with van der Waals surface area (Å²) in [5.74, 6) is 1.13. The van der Waals surface area contributed by atoms with E-state index in [1.807, 2.05) is 11.0 Å². The summed E-state index contributed by atoms with van der Waals surface area (Å²) in [5, 5.41) is -0.106. The lowest BCUT2D eigenvalue weighted by Crippen LogP contribution is -2.36. The van der Waals surface area contributed by atoms with Gasteiger partial charge < -0.3 is 14.5 Å². The highest BCUT2D eigenvalue weighted by Gasteiger charge is 2.33. The number of halogens is 3. The SMILES string of the molecule is O=C1CSC(c2cccc(Oc3cccc(C(F)(F)F)c3)c2)N1CCN1CCCC1. The Morgan fingerprint density at radius 3 is 2.43 bits per heavy atom. The van der Waals surface area contributed by atoms with Gasteiger partial charge in [0.1, 0.15) is 16.9 Å². The highest BCUT2D eigenvalue weighted by atomic mass is 32.2. The molecule has 0 N–H and O–H groups in total. The second-order valence-electron chi connectivity index (χ2n) is 7.50. The smallest absolute Gasteiger partial charge is 0.416 e. The fourth-order valence-corrected chi connectivity index (χ4v) is 5.04. The largest absolute Gasteiger partial charge is 0.457 e. The molecule has 0 radical (unpaired) electrons. The average molecular weight is 436 g/mol. The first-order valence-corrected chi connectivity index (χ1v) is 11.0. The third kappa shape index (κ3) is 4.92. The number of carbonyl (C=O) groups is 1. The predicted molar refractivity (Wildman–Crippen MR) is 111 cm³/mol. The Kier molecular flexibility index (Phi) is 6.24. The fraction of sp³-hybridized carbons (Fsp3) is 0.409. The monoisotopic (exact) mass is 436 g/mol. The Labute approximate surface area is 178 Å². The van der Waals surface area contributed by atoms with Crippen LogP contribution in [0.4, 0.5) is 13.2 Å². The summed E-state index contributed by atoms with van der Waals surface area (Å²) in [5.41, 5.74) is 0.165. The fourth-order valence-electron chi connectivity index (χ4n) is 3.83. The average Bonchev–Trinajstić information content (AvgIpc) is 3.36. The maximum Gasteiger partial charge on any atom is 0.416 e. The molecular formula is C22H23F3N2O2S. The van der Waals surface area contributed by atoms with E-state index in [9.17, 15) is 18.0 Å². The summed E-state index contributed by atoms with van der Waals surface area (Å²) in [7, 11) is 0. The van der Waals surface area contributed by atoms with Crippen LogP contribution in [0.15, 0.2) is 48.5 Å². The number of ether oxygens (including phenoxy) is 1. The second-order valence-corrected chi connectivity index (χ2v) is 8.57. The van der Waals surface area contributed by atoms with E-state index in [4.69, 9.17) is 4.74 Å². The Hall–Kier alpha value is -2.19. The molecule has 0 bridgehead atoms. The van der Waals surface area contributed by atoms with Crippen molar-refractivity contribution in [3.63, 3.8) is 0 Å². The van der Waals surface area contributed by atoms with Crippen LogP contribution in [0.1, 0.15) is 29.3 Å². The van der Waals surface area contributed by atoms with Crippen molar-refractivity contribution < 1.29 is 22.7 Å². The number of alkyl halides is 3. The summed E-state index contributed by atoms with van der Waals surface area (Å²) in [6, 6.07) is 12.1. The van der Waals surface area contributed by atoms with E-state index in [-0.39, 0.29) is 17.0 Å². The van der Waals surface area contributed by atoms with Crippen molar-refractivity contribution in [1.82, 2.24) is 9.80 Å². The Morgan fingerprint density at radius 2 is 1.70 bits per heavy atom. The number of hydrogen-bond acceptors (Lipinski definition) is 4. The van der Waals surface area contributed by atoms with Crippen molar-refractivity contribution in [2.75, 3.05) is 31.9 Å². The molecule has 2 aliphatic heterocycles. The summed E-state index contributed by atoms with van der Waals surface area (Å²) < 4.78 is 44.5. The molecule has 2 heterocycles. The van der Waals surface area contributed by atoms with E-state index in [1.165, 1.54) is 25.0 Å². The van der Waals surface area contributed by atoms with Crippen molar-refractivity contribution >= 4 is 17.7 Å². The molecule has 4 nitrogen and oxygen atoms in total. The van der Waals surface area contributed by atoms with Gasteiger partial charge in [-0.2, -0.15) is 13.2 Å². The molecule has 0 aromatic heterocycles. The molecule has 30 heavy (non-hydrogen) atoms. The molecule has 0 aliphatic carbocycles. The number of amides is 1. The third-order valence-electron chi connectivity index (χ3n) is 5.36. The third-order valence-corrected chi connectivity index (χ3v) is 6.62. The van der Waals surface area contributed by atoms with Crippen LogP contribution in [0.5, 0.6) is 11.5 Å². The molecular weight excluding hydrogens is 413 g/mol. The molecule has 8 heteroatoms. The van der Waals surface area contributed by atoms with Crippen molar-refractivity contribution in [2.24, 2.45) is 0 Å². The molecule has 4 rings (SSSR count). The Bertz CT molecular complexity index is 900. The predicted octanol–water partition coefficient (Wildman–Crippen LogP) is 5.17. The van der Waals surface area contributed by atoms with E-state index in [1.54, 1.807) is 30.0 Å². The topological polar surface area (TPSA) is 32.8 Å². The zero-order valence-corrected chi connectivity index (χ0v) is 17.2. The summed E-state index contributed by atoms with van der Waals surface area (Å²) in [6.07, 6.45) is -2.00. The van der Waals surface area contributed by atoms with Crippen molar-refractivity contribution in [2.45, 2.75) is 24.4 Å². The summed E-state index contributed by atoms with van der Waals surface area (Å²) in [6.45, 7) is 3.71.